The van der Waals surface area contributed by atoms with Crippen LogP contribution in [0.2, 0.25) is 0 Å². The van der Waals surface area contributed by atoms with Gasteiger partial charge in [-0.25, -0.2) is 19.2 Å². The Kier molecular flexibility index (Phi) is 4.58. The summed E-state index contributed by atoms with van der Waals surface area (Å²) >= 11 is 0. The summed E-state index contributed by atoms with van der Waals surface area (Å²) in [5.74, 6) is 0.504. The van der Waals surface area contributed by atoms with Gasteiger partial charge in [-0.1, -0.05) is 5.16 Å². The predicted octanol–water partition coefficient (Wildman–Crippen LogP) is 3.80. The van der Waals surface area contributed by atoms with Gasteiger partial charge in [0.05, 0.1) is 17.8 Å². The first-order valence-corrected chi connectivity index (χ1v) is 9.77. The number of carbonyl (C=O) groups excluding carboxylic acids is 1. The molecule has 0 fully saturated rings. The summed E-state index contributed by atoms with van der Waals surface area (Å²) in [6.45, 7) is 3.53. The lowest BCUT2D eigenvalue weighted by molar-refractivity contribution is 0.197. The minimum Gasteiger partial charge on any atom is -0.406 e. The average Bonchev–Trinajstić information content (AvgIpc) is 3.46. The molecule has 5 rings (SSSR count). The Morgan fingerprint density at radius 1 is 1.34 bits per heavy atom. The molecule has 0 bridgehead atoms. The number of ether oxygens (including phenoxy) is 1. The number of fused-ring (bicyclic) bond motifs is 2. The maximum absolute atomic E-state index is 13.6. The van der Waals surface area contributed by atoms with Crippen molar-refractivity contribution >= 4 is 28.2 Å². The number of aromatic amines is 1. The molecule has 0 aliphatic heterocycles. The second kappa shape index (κ2) is 7.45. The second-order valence-electron chi connectivity index (χ2n) is 7.36. The molecule has 0 saturated heterocycles. The van der Waals surface area contributed by atoms with E-state index < -0.39 is 12.1 Å². The summed E-state index contributed by atoms with van der Waals surface area (Å²) in [5, 5.41) is 11.8. The molecule has 32 heavy (non-hydrogen) atoms. The van der Waals surface area contributed by atoms with Gasteiger partial charge in [0, 0.05) is 24.7 Å². The topological polar surface area (TPSA) is 124 Å². The SMILES string of the molecule is Cc1cc(C(C)NC(=O)Oc2c[nH]c3ncc(-c4nn(C)c5cc(F)ccc45)nc23)no1. The first kappa shape index (κ1) is 19.7. The summed E-state index contributed by atoms with van der Waals surface area (Å²) in [7, 11) is 1.73. The molecule has 4 heterocycles. The Hall–Kier alpha value is -4.28. The van der Waals surface area contributed by atoms with Crippen LogP contribution in [0.4, 0.5) is 9.18 Å². The summed E-state index contributed by atoms with van der Waals surface area (Å²) in [6, 6.07) is 5.74. The van der Waals surface area contributed by atoms with E-state index in [9.17, 15) is 9.18 Å². The molecule has 1 unspecified atom stereocenters. The van der Waals surface area contributed by atoms with Crippen LogP contribution in [-0.4, -0.2) is 36.0 Å². The zero-order valence-electron chi connectivity index (χ0n) is 17.4. The van der Waals surface area contributed by atoms with Gasteiger partial charge in [-0.15, -0.1) is 0 Å². The third kappa shape index (κ3) is 3.43. The lowest BCUT2D eigenvalue weighted by Crippen LogP contribution is -2.29. The zero-order chi connectivity index (χ0) is 22.4. The molecular formula is C21H18FN7O3. The van der Waals surface area contributed by atoms with Gasteiger partial charge in [0.2, 0.25) is 0 Å². The minimum atomic E-state index is -0.676. The monoisotopic (exact) mass is 435 g/mol. The first-order chi connectivity index (χ1) is 15.4. The fourth-order valence-electron chi connectivity index (χ4n) is 3.45. The number of amides is 1. The molecule has 1 aromatic carbocycles. The standard InChI is InChI=1S/C21H18FN7O3/c1-10-6-14(28-32-10)11(2)25-21(30)31-17-9-24-20-19(17)26-15(8-23-20)18-13-5-4-12(22)7-16(13)29(3)27-18/h4-9,11H,1-3H3,(H,23,24)(H,25,30). The molecule has 1 amide bonds. The predicted molar refractivity (Wildman–Crippen MR) is 112 cm³/mol. The van der Waals surface area contributed by atoms with Gasteiger partial charge in [0.1, 0.15) is 28.7 Å². The molecule has 1 atom stereocenters. The van der Waals surface area contributed by atoms with E-state index in [1.165, 1.54) is 18.3 Å². The van der Waals surface area contributed by atoms with Crippen LogP contribution in [0.5, 0.6) is 5.75 Å². The normalized spacial score (nSPS) is 12.4. The van der Waals surface area contributed by atoms with Crippen molar-refractivity contribution in [1.29, 1.82) is 0 Å². The van der Waals surface area contributed by atoms with Crippen LogP contribution in [0, 0.1) is 12.7 Å². The van der Waals surface area contributed by atoms with Crippen molar-refractivity contribution < 1.29 is 18.4 Å². The number of carbonyl (C=O) groups is 1. The number of H-pyrrole nitrogens is 1. The number of hydrogen-bond donors (Lipinski definition) is 2. The number of hydrogen-bond acceptors (Lipinski definition) is 7. The molecular weight excluding hydrogens is 417 g/mol. The Labute approximate surface area is 180 Å². The van der Waals surface area contributed by atoms with Gasteiger partial charge < -0.3 is 19.6 Å². The third-order valence-corrected chi connectivity index (χ3v) is 5.03. The minimum absolute atomic E-state index is 0.210. The molecule has 5 aromatic rings. The van der Waals surface area contributed by atoms with E-state index in [4.69, 9.17) is 9.26 Å². The first-order valence-electron chi connectivity index (χ1n) is 9.77. The van der Waals surface area contributed by atoms with Crippen molar-refractivity contribution in [3.8, 4) is 17.1 Å². The van der Waals surface area contributed by atoms with Crippen molar-refractivity contribution in [2.75, 3.05) is 0 Å². The van der Waals surface area contributed by atoms with Gasteiger partial charge in [-0.05, 0) is 32.0 Å². The van der Waals surface area contributed by atoms with Crippen LogP contribution < -0.4 is 10.1 Å². The lowest BCUT2D eigenvalue weighted by Gasteiger charge is -2.10. The van der Waals surface area contributed by atoms with Crippen molar-refractivity contribution in [3.63, 3.8) is 0 Å². The van der Waals surface area contributed by atoms with Gasteiger partial charge in [-0.3, -0.25) is 4.68 Å². The van der Waals surface area contributed by atoms with Gasteiger partial charge >= 0.3 is 6.09 Å². The highest BCUT2D eigenvalue weighted by Gasteiger charge is 2.19. The number of nitrogens with one attached hydrogen (secondary N) is 2. The maximum Gasteiger partial charge on any atom is 0.413 e. The Morgan fingerprint density at radius 2 is 2.19 bits per heavy atom. The smallest absolute Gasteiger partial charge is 0.406 e. The van der Waals surface area contributed by atoms with Gasteiger partial charge in [-0.2, -0.15) is 5.10 Å². The summed E-state index contributed by atoms with van der Waals surface area (Å²) in [4.78, 5) is 24.3. The molecule has 0 aliphatic rings. The van der Waals surface area contributed by atoms with Crippen molar-refractivity contribution in [1.82, 2.24) is 35.2 Å². The number of aryl methyl sites for hydroxylation is 2. The number of nitrogens with zero attached hydrogens (tertiary/aromatic N) is 5. The van der Waals surface area contributed by atoms with Gasteiger partial charge in [0.25, 0.3) is 0 Å². The molecule has 162 valence electrons. The fourth-order valence-corrected chi connectivity index (χ4v) is 3.45. The molecule has 0 aliphatic carbocycles. The highest BCUT2D eigenvalue weighted by molar-refractivity contribution is 5.93. The van der Waals surface area contributed by atoms with E-state index in [1.54, 1.807) is 43.9 Å². The van der Waals surface area contributed by atoms with E-state index in [0.29, 0.717) is 39.5 Å². The Bertz CT molecular complexity index is 1470. The number of halogens is 1. The molecule has 0 spiro atoms. The molecule has 0 saturated carbocycles. The molecule has 4 aromatic heterocycles. The maximum atomic E-state index is 13.6. The molecule has 11 heteroatoms. The van der Waals surface area contributed by atoms with E-state index in [0.717, 1.165) is 5.39 Å². The van der Waals surface area contributed by atoms with Crippen LogP contribution in [0.15, 0.2) is 41.2 Å². The van der Waals surface area contributed by atoms with E-state index in [-0.39, 0.29) is 11.6 Å². The summed E-state index contributed by atoms with van der Waals surface area (Å²) < 4.78 is 25.7. The van der Waals surface area contributed by atoms with Crippen LogP contribution in [0.25, 0.3) is 33.5 Å². The third-order valence-electron chi connectivity index (χ3n) is 5.03. The van der Waals surface area contributed by atoms with Crippen LogP contribution in [0.3, 0.4) is 0 Å². The number of aromatic nitrogens is 6. The zero-order valence-corrected chi connectivity index (χ0v) is 17.4. The van der Waals surface area contributed by atoms with Crippen molar-refractivity contribution in [2.45, 2.75) is 19.9 Å². The van der Waals surface area contributed by atoms with Gasteiger partial charge in [0.15, 0.2) is 16.9 Å². The molecule has 2 N–H and O–H groups in total. The van der Waals surface area contributed by atoms with Crippen LogP contribution >= 0.6 is 0 Å². The number of rotatable bonds is 4. The number of benzene rings is 1. The van der Waals surface area contributed by atoms with Crippen LogP contribution in [-0.2, 0) is 7.05 Å². The quantitative estimate of drug-likeness (QED) is 0.440. The van der Waals surface area contributed by atoms with E-state index in [2.05, 4.69) is 30.5 Å². The van der Waals surface area contributed by atoms with E-state index >= 15 is 0 Å². The largest absolute Gasteiger partial charge is 0.413 e. The molecule has 0 radical (unpaired) electrons. The van der Waals surface area contributed by atoms with Crippen molar-refractivity contribution in [3.05, 3.63) is 53.9 Å². The Balaban J connectivity index is 1.44. The Morgan fingerprint density at radius 3 is 2.97 bits per heavy atom. The average molecular weight is 435 g/mol. The van der Waals surface area contributed by atoms with Crippen molar-refractivity contribution in [2.24, 2.45) is 7.05 Å². The highest BCUT2D eigenvalue weighted by atomic mass is 19.1. The van der Waals surface area contributed by atoms with Crippen LogP contribution in [0.1, 0.15) is 24.4 Å². The fraction of sp³-hybridized carbons (Fsp3) is 0.190. The lowest BCUT2D eigenvalue weighted by atomic mass is 10.1. The van der Waals surface area contributed by atoms with E-state index in [1.807, 2.05) is 0 Å². The summed E-state index contributed by atoms with van der Waals surface area (Å²) in [6.07, 6.45) is 2.39. The highest BCUT2D eigenvalue weighted by Crippen LogP contribution is 2.30. The second-order valence-corrected chi connectivity index (χ2v) is 7.36. The molecule has 10 nitrogen and oxygen atoms in total. The summed E-state index contributed by atoms with van der Waals surface area (Å²) in [5.41, 5.74) is 3.03.